The summed E-state index contributed by atoms with van der Waals surface area (Å²) in [4.78, 5) is 12.1. The summed E-state index contributed by atoms with van der Waals surface area (Å²) >= 11 is 5.98. The van der Waals surface area contributed by atoms with Gasteiger partial charge in [-0.05, 0) is 31.2 Å². The summed E-state index contributed by atoms with van der Waals surface area (Å²) in [7, 11) is 0. The lowest BCUT2D eigenvalue weighted by molar-refractivity contribution is 0.0954. The SMILES string of the molecule is CCOc1cc(Cl)cc(/C=N\NC(=O)c2ccc3c(c2)OCO3)c1O. The second-order valence-corrected chi connectivity index (χ2v) is 5.48. The summed E-state index contributed by atoms with van der Waals surface area (Å²) in [5.74, 6) is 0.810. The van der Waals surface area contributed by atoms with Gasteiger partial charge in [0.05, 0.1) is 12.8 Å². The van der Waals surface area contributed by atoms with E-state index in [0.717, 1.165) is 0 Å². The third-order valence-electron chi connectivity index (χ3n) is 3.37. The third kappa shape index (κ3) is 3.77. The summed E-state index contributed by atoms with van der Waals surface area (Å²) < 4.78 is 15.7. The number of amides is 1. The van der Waals surface area contributed by atoms with Crippen molar-refractivity contribution in [3.63, 3.8) is 0 Å². The number of carbonyl (C=O) groups is 1. The van der Waals surface area contributed by atoms with Gasteiger partial charge in [0.25, 0.3) is 5.91 Å². The van der Waals surface area contributed by atoms with Gasteiger partial charge in [0.15, 0.2) is 23.0 Å². The van der Waals surface area contributed by atoms with Crippen molar-refractivity contribution in [3.05, 3.63) is 46.5 Å². The summed E-state index contributed by atoms with van der Waals surface area (Å²) in [6.45, 7) is 2.31. The zero-order valence-corrected chi connectivity index (χ0v) is 14.0. The van der Waals surface area contributed by atoms with Gasteiger partial charge in [-0.15, -0.1) is 0 Å². The van der Waals surface area contributed by atoms with Gasteiger partial charge >= 0.3 is 0 Å². The molecule has 1 aliphatic heterocycles. The topological polar surface area (TPSA) is 89.4 Å². The Morgan fingerprint density at radius 1 is 1.36 bits per heavy atom. The number of hydrogen-bond acceptors (Lipinski definition) is 6. The number of nitrogens with zero attached hydrogens (tertiary/aromatic N) is 1. The Morgan fingerprint density at radius 3 is 2.96 bits per heavy atom. The van der Waals surface area contributed by atoms with Crippen molar-refractivity contribution in [2.24, 2.45) is 5.10 Å². The Labute approximate surface area is 148 Å². The molecule has 0 saturated heterocycles. The number of ether oxygens (including phenoxy) is 3. The molecule has 0 spiro atoms. The molecule has 130 valence electrons. The third-order valence-corrected chi connectivity index (χ3v) is 3.59. The number of aromatic hydroxyl groups is 1. The van der Waals surface area contributed by atoms with E-state index in [1.807, 2.05) is 0 Å². The first-order valence-electron chi connectivity index (χ1n) is 7.47. The Hall–Kier alpha value is -2.93. The summed E-state index contributed by atoms with van der Waals surface area (Å²) in [5.41, 5.74) is 3.06. The van der Waals surface area contributed by atoms with Gasteiger partial charge in [-0.2, -0.15) is 5.10 Å². The molecule has 0 unspecified atom stereocenters. The Balaban J connectivity index is 1.72. The number of carbonyl (C=O) groups excluding carboxylic acids is 1. The molecule has 0 radical (unpaired) electrons. The second-order valence-electron chi connectivity index (χ2n) is 5.04. The molecule has 0 aromatic heterocycles. The predicted octanol–water partition coefficient (Wildman–Crippen LogP) is 2.94. The van der Waals surface area contributed by atoms with Crippen molar-refractivity contribution < 1.29 is 24.1 Å². The quantitative estimate of drug-likeness (QED) is 0.630. The van der Waals surface area contributed by atoms with Gasteiger partial charge in [-0.3, -0.25) is 4.79 Å². The first-order valence-corrected chi connectivity index (χ1v) is 7.84. The minimum atomic E-state index is -0.430. The van der Waals surface area contributed by atoms with Crippen molar-refractivity contribution in [2.45, 2.75) is 6.92 Å². The fourth-order valence-electron chi connectivity index (χ4n) is 2.22. The summed E-state index contributed by atoms with van der Waals surface area (Å²) in [6.07, 6.45) is 1.29. The van der Waals surface area contributed by atoms with E-state index in [-0.39, 0.29) is 18.3 Å². The molecular weight excluding hydrogens is 348 g/mol. The Kier molecular flexibility index (Phi) is 4.95. The largest absolute Gasteiger partial charge is 0.504 e. The van der Waals surface area contributed by atoms with Gasteiger partial charge < -0.3 is 19.3 Å². The fourth-order valence-corrected chi connectivity index (χ4v) is 2.44. The maximum Gasteiger partial charge on any atom is 0.271 e. The van der Waals surface area contributed by atoms with Crippen molar-refractivity contribution >= 4 is 23.7 Å². The zero-order valence-electron chi connectivity index (χ0n) is 13.3. The van der Waals surface area contributed by atoms with Crippen LogP contribution in [-0.4, -0.2) is 30.6 Å². The van der Waals surface area contributed by atoms with Gasteiger partial charge in [-0.25, -0.2) is 5.43 Å². The van der Waals surface area contributed by atoms with Crippen LogP contribution in [0, 0.1) is 0 Å². The molecule has 1 amide bonds. The molecule has 2 N–H and O–H groups in total. The van der Waals surface area contributed by atoms with Crippen molar-refractivity contribution in [2.75, 3.05) is 13.4 Å². The Bertz CT molecular complexity index is 838. The van der Waals surface area contributed by atoms with Crippen LogP contribution in [0.15, 0.2) is 35.4 Å². The highest BCUT2D eigenvalue weighted by molar-refractivity contribution is 6.31. The normalized spacial score (nSPS) is 12.4. The van der Waals surface area contributed by atoms with E-state index >= 15 is 0 Å². The lowest BCUT2D eigenvalue weighted by Gasteiger charge is -2.08. The predicted molar refractivity (Wildman–Crippen MR) is 91.9 cm³/mol. The number of benzene rings is 2. The van der Waals surface area contributed by atoms with Gasteiger partial charge in [-0.1, -0.05) is 11.6 Å². The average molecular weight is 363 g/mol. The zero-order chi connectivity index (χ0) is 17.8. The number of fused-ring (bicyclic) bond motifs is 1. The van der Waals surface area contributed by atoms with Crippen molar-refractivity contribution in [1.82, 2.24) is 5.43 Å². The monoisotopic (exact) mass is 362 g/mol. The number of halogens is 1. The molecule has 0 bridgehead atoms. The molecule has 0 saturated carbocycles. The molecule has 1 aliphatic rings. The van der Waals surface area contributed by atoms with Crippen LogP contribution in [0.5, 0.6) is 23.0 Å². The lowest BCUT2D eigenvalue weighted by Crippen LogP contribution is -2.17. The van der Waals surface area contributed by atoms with Gasteiger partial charge in [0.2, 0.25) is 6.79 Å². The van der Waals surface area contributed by atoms with Crippen LogP contribution in [0.4, 0.5) is 0 Å². The molecular formula is C17H15ClN2O5. The minimum absolute atomic E-state index is 0.104. The van der Waals surface area contributed by atoms with Gasteiger partial charge in [0, 0.05) is 22.2 Å². The average Bonchev–Trinajstić information content (AvgIpc) is 3.06. The fraction of sp³-hybridized carbons (Fsp3) is 0.176. The van der Waals surface area contributed by atoms with E-state index in [1.54, 1.807) is 25.1 Å². The van der Waals surface area contributed by atoms with Crippen LogP contribution in [0.1, 0.15) is 22.8 Å². The molecule has 0 atom stereocenters. The molecule has 0 fully saturated rings. The lowest BCUT2D eigenvalue weighted by atomic mass is 10.2. The van der Waals surface area contributed by atoms with E-state index in [9.17, 15) is 9.90 Å². The summed E-state index contributed by atoms with van der Waals surface area (Å²) in [6, 6.07) is 7.83. The number of rotatable bonds is 5. The molecule has 8 heteroatoms. The van der Waals surface area contributed by atoms with Crippen molar-refractivity contribution in [1.29, 1.82) is 0 Å². The van der Waals surface area contributed by atoms with Crippen LogP contribution < -0.4 is 19.6 Å². The smallest absolute Gasteiger partial charge is 0.271 e. The molecule has 25 heavy (non-hydrogen) atoms. The maximum absolute atomic E-state index is 12.1. The molecule has 3 rings (SSSR count). The molecule has 1 heterocycles. The highest BCUT2D eigenvalue weighted by atomic mass is 35.5. The number of hydrazone groups is 1. The van der Waals surface area contributed by atoms with E-state index in [4.69, 9.17) is 25.8 Å². The summed E-state index contributed by atoms with van der Waals surface area (Å²) in [5, 5.41) is 14.3. The number of hydrogen-bond donors (Lipinski definition) is 2. The van der Waals surface area contributed by atoms with Crippen LogP contribution in [0.3, 0.4) is 0 Å². The second kappa shape index (κ2) is 7.31. The highest BCUT2D eigenvalue weighted by Gasteiger charge is 2.16. The minimum Gasteiger partial charge on any atom is -0.504 e. The Morgan fingerprint density at radius 2 is 2.16 bits per heavy atom. The molecule has 0 aliphatic carbocycles. The van der Waals surface area contributed by atoms with Crippen LogP contribution >= 0.6 is 11.6 Å². The first kappa shape index (κ1) is 16.9. The molecule has 7 nitrogen and oxygen atoms in total. The van der Waals surface area contributed by atoms with Crippen LogP contribution in [-0.2, 0) is 0 Å². The molecule has 2 aromatic rings. The molecule has 2 aromatic carbocycles. The van der Waals surface area contributed by atoms with E-state index < -0.39 is 5.91 Å². The van der Waals surface area contributed by atoms with Crippen molar-refractivity contribution in [3.8, 4) is 23.0 Å². The standard InChI is InChI=1S/C17H15ClN2O5/c1-2-23-15-7-12(18)5-11(16(15)21)8-19-20-17(22)10-3-4-13-14(6-10)25-9-24-13/h3-8,21H,2,9H2,1H3,(H,20,22)/b19-8-. The van der Waals surface area contributed by atoms with Crippen LogP contribution in [0.25, 0.3) is 0 Å². The maximum atomic E-state index is 12.1. The number of phenolic OH excluding ortho intramolecular Hbond substituents is 1. The van der Waals surface area contributed by atoms with Crippen LogP contribution in [0.2, 0.25) is 5.02 Å². The highest BCUT2D eigenvalue weighted by Crippen LogP contribution is 2.33. The first-order chi connectivity index (χ1) is 12.1. The van der Waals surface area contributed by atoms with E-state index in [1.165, 1.54) is 18.3 Å². The van der Waals surface area contributed by atoms with Gasteiger partial charge in [0.1, 0.15) is 0 Å². The number of nitrogens with one attached hydrogen (secondary N) is 1. The van der Waals surface area contributed by atoms with E-state index in [2.05, 4.69) is 10.5 Å². The number of phenols is 1. The van der Waals surface area contributed by atoms with E-state index in [0.29, 0.717) is 34.3 Å².